The van der Waals surface area contributed by atoms with Crippen LogP contribution in [0.1, 0.15) is 46.0 Å². The molecule has 1 saturated carbocycles. The first-order chi connectivity index (χ1) is 14.6. The van der Waals surface area contributed by atoms with Gasteiger partial charge in [-0.15, -0.1) is 0 Å². The van der Waals surface area contributed by atoms with E-state index in [2.05, 4.69) is 15.9 Å². The summed E-state index contributed by atoms with van der Waals surface area (Å²) >= 11 is 3.40. The molecule has 0 bridgehead atoms. The van der Waals surface area contributed by atoms with E-state index >= 15 is 0 Å². The van der Waals surface area contributed by atoms with E-state index in [-0.39, 0.29) is 47.6 Å². The second-order valence-corrected chi connectivity index (χ2v) is 11.7. The largest absolute Gasteiger partial charge is 0.487 e. The third kappa shape index (κ3) is 5.43. The number of sulfonamides is 1. The molecule has 0 radical (unpaired) electrons. The van der Waals surface area contributed by atoms with Crippen molar-refractivity contribution in [2.75, 3.05) is 26.7 Å². The highest BCUT2D eigenvalue weighted by Crippen LogP contribution is 2.35. The maximum absolute atomic E-state index is 13.3. The lowest BCUT2D eigenvalue weighted by molar-refractivity contribution is -0.136. The van der Waals surface area contributed by atoms with Crippen LogP contribution in [0.3, 0.4) is 0 Å². The minimum absolute atomic E-state index is 0.0651. The Morgan fingerprint density at radius 3 is 2.65 bits per heavy atom. The number of aliphatic hydroxyl groups is 1. The molecule has 1 amide bonds. The lowest BCUT2D eigenvalue weighted by Crippen LogP contribution is -2.50. The van der Waals surface area contributed by atoms with Crippen LogP contribution in [0.15, 0.2) is 27.6 Å². The number of nitrogens with zero attached hydrogens (tertiary/aromatic N) is 2. The Balaban J connectivity index is 1.91. The van der Waals surface area contributed by atoms with E-state index in [0.29, 0.717) is 11.0 Å². The van der Waals surface area contributed by atoms with Gasteiger partial charge in [-0.25, -0.2) is 8.42 Å². The van der Waals surface area contributed by atoms with E-state index in [1.165, 1.54) is 16.8 Å². The van der Waals surface area contributed by atoms with Gasteiger partial charge in [-0.3, -0.25) is 4.79 Å². The Labute approximate surface area is 193 Å². The van der Waals surface area contributed by atoms with Crippen molar-refractivity contribution in [1.82, 2.24) is 9.21 Å². The van der Waals surface area contributed by atoms with Crippen LogP contribution in [0.2, 0.25) is 0 Å². The summed E-state index contributed by atoms with van der Waals surface area (Å²) in [5.41, 5.74) is 0. The second kappa shape index (κ2) is 10.2. The monoisotopic (exact) mass is 516 g/mol. The molecule has 174 valence electrons. The molecule has 7 nitrogen and oxygen atoms in total. The fourth-order valence-electron chi connectivity index (χ4n) is 4.44. The van der Waals surface area contributed by atoms with Crippen molar-refractivity contribution in [1.29, 1.82) is 0 Å². The Hall–Kier alpha value is -1.16. The molecule has 1 N–H and O–H groups in total. The number of hydrogen-bond acceptors (Lipinski definition) is 5. The molecule has 2 aliphatic rings. The molecule has 3 rings (SSSR count). The lowest BCUT2D eigenvalue weighted by Gasteiger charge is -2.38. The summed E-state index contributed by atoms with van der Waals surface area (Å²) in [7, 11) is -2.04. The molecule has 1 aromatic rings. The predicted octanol–water partition coefficient (Wildman–Crippen LogP) is 3.26. The number of ether oxygens (including phenoxy) is 1. The van der Waals surface area contributed by atoms with Gasteiger partial charge in [0.25, 0.3) is 0 Å². The maximum atomic E-state index is 13.3. The minimum atomic E-state index is -3.84. The molecule has 1 aliphatic carbocycles. The third-order valence-electron chi connectivity index (χ3n) is 6.41. The van der Waals surface area contributed by atoms with Gasteiger partial charge in [0, 0.05) is 35.9 Å². The number of halogens is 1. The number of carbonyl (C=O) groups excluding carboxylic acids is 1. The number of amides is 1. The molecular weight excluding hydrogens is 484 g/mol. The van der Waals surface area contributed by atoms with Gasteiger partial charge in [0.2, 0.25) is 15.9 Å². The van der Waals surface area contributed by atoms with Crippen molar-refractivity contribution >= 4 is 31.9 Å². The van der Waals surface area contributed by atoms with Gasteiger partial charge >= 0.3 is 0 Å². The number of rotatable bonds is 5. The molecule has 0 spiro atoms. The van der Waals surface area contributed by atoms with Gasteiger partial charge < -0.3 is 14.7 Å². The zero-order chi connectivity index (χ0) is 22.8. The Kier molecular flexibility index (Phi) is 8.05. The average molecular weight is 517 g/mol. The highest BCUT2D eigenvalue weighted by atomic mass is 79.9. The van der Waals surface area contributed by atoms with Gasteiger partial charge in [0.1, 0.15) is 16.7 Å². The van der Waals surface area contributed by atoms with Crippen molar-refractivity contribution in [3.05, 3.63) is 22.7 Å². The van der Waals surface area contributed by atoms with Crippen molar-refractivity contribution in [3.63, 3.8) is 0 Å². The molecule has 9 heteroatoms. The SMILES string of the molecule is C[C@@H]1CN([C@H](C)CO)S(=O)(=O)c2ccc(Br)cc2O[C@@H]1CN(C)C(=O)C1CCCCC1. The number of aliphatic hydroxyl groups excluding tert-OH is 1. The summed E-state index contributed by atoms with van der Waals surface area (Å²) < 4.78 is 35.0. The van der Waals surface area contributed by atoms with E-state index in [4.69, 9.17) is 4.74 Å². The van der Waals surface area contributed by atoms with E-state index in [9.17, 15) is 18.3 Å². The summed E-state index contributed by atoms with van der Waals surface area (Å²) in [6.07, 6.45) is 4.85. The molecule has 1 aliphatic heterocycles. The van der Waals surface area contributed by atoms with Crippen molar-refractivity contribution in [2.45, 2.75) is 63.0 Å². The van der Waals surface area contributed by atoms with Crippen LogP contribution in [-0.4, -0.2) is 67.5 Å². The summed E-state index contributed by atoms with van der Waals surface area (Å²) in [4.78, 5) is 14.8. The summed E-state index contributed by atoms with van der Waals surface area (Å²) in [5.74, 6) is 0.285. The van der Waals surface area contributed by atoms with E-state index in [1.807, 2.05) is 6.92 Å². The molecule has 1 fully saturated rings. The van der Waals surface area contributed by atoms with E-state index in [1.54, 1.807) is 31.0 Å². The average Bonchev–Trinajstić information content (AvgIpc) is 2.75. The second-order valence-electron chi connectivity index (χ2n) is 8.88. The minimum Gasteiger partial charge on any atom is -0.487 e. The Bertz CT molecular complexity index is 888. The van der Waals surface area contributed by atoms with E-state index < -0.39 is 16.1 Å². The van der Waals surface area contributed by atoms with Gasteiger partial charge in [-0.05, 0) is 38.0 Å². The van der Waals surface area contributed by atoms with Crippen molar-refractivity contribution in [3.8, 4) is 5.75 Å². The maximum Gasteiger partial charge on any atom is 0.247 e. The molecule has 0 unspecified atom stereocenters. The molecule has 0 saturated heterocycles. The van der Waals surface area contributed by atoms with Gasteiger partial charge in [-0.2, -0.15) is 4.31 Å². The zero-order valence-corrected chi connectivity index (χ0v) is 20.9. The summed E-state index contributed by atoms with van der Waals surface area (Å²) in [5, 5.41) is 9.69. The van der Waals surface area contributed by atoms with Crippen molar-refractivity contribution in [2.24, 2.45) is 11.8 Å². The highest BCUT2D eigenvalue weighted by Gasteiger charge is 2.38. The van der Waals surface area contributed by atoms with Crippen LogP contribution >= 0.6 is 15.9 Å². The summed E-state index contributed by atoms with van der Waals surface area (Å²) in [6.45, 7) is 3.93. The first-order valence-corrected chi connectivity index (χ1v) is 13.2. The molecular formula is C22H33BrN2O5S. The standard InChI is InChI=1S/C22H33BrN2O5S/c1-15-12-25(16(2)14-26)31(28,29)21-10-9-18(23)11-19(21)30-20(15)13-24(3)22(27)17-7-5-4-6-8-17/h9-11,15-17,20,26H,4-8,12-14H2,1-3H3/t15-,16-,20-/m1/s1. The van der Waals surface area contributed by atoms with Gasteiger partial charge in [0.15, 0.2) is 0 Å². The number of likely N-dealkylation sites (N-methyl/N-ethyl adjacent to an activating group) is 1. The van der Waals surface area contributed by atoms with Crippen molar-refractivity contribution < 1.29 is 23.1 Å². The molecule has 3 atom stereocenters. The van der Waals surface area contributed by atoms with Crippen LogP contribution < -0.4 is 4.74 Å². The van der Waals surface area contributed by atoms with Crippen LogP contribution in [0, 0.1) is 11.8 Å². The van der Waals surface area contributed by atoms with E-state index in [0.717, 1.165) is 25.7 Å². The normalized spacial score (nSPS) is 25.6. The zero-order valence-electron chi connectivity index (χ0n) is 18.5. The molecule has 1 aromatic carbocycles. The smallest absolute Gasteiger partial charge is 0.247 e. The van der Waals surface area contributed by atoms with Gasteiger partial charge in [-0.1, -0.05) is 42.1 Å². The lowest BCUT2D eigenvalue weighted by atomic mass is 9.88. The number of benzene rings is 1. The molecule has 1 heterocycles. The Morgan fingerprint density at radius 2 is 2.00 bits per heavy atom. The number of carbonyl (C=O) groups is 1. The van der Waals surface area contributed by atoms with Gasteiger partial charge in [0.05, 0.1) is 13.2 Å². The molecule has 0 aromatic heterocycles. The number of fused-ring (bicyclic) bond motifs is 1. The third-order valence-corrected chi connectivity index (χ3v) is 8.93. The fourth-order valence-corrected chi connectivity index (χ4v) is 6.60. The topological polar surface area (TPSA) is 87.2 Å². The Morgan fingerprint density at radius 1 is 1.32 bits per heavy atom. The van der Waals surface area contributed by atoms with Crippen LogP contribution in [-0.2, 0) is 14.8 Å². The van der Waals surface area contributed by atoms with Crippen LogP contribution in [0.5, 0.6) is 5.75 Å². The first-order valence-electron chi connectivity index (χ1n) is 11.0. The fraction of sp³-hybridized carbons (Fsp3) is 0.682. The first kappa shape index (κ1) is 24.5. The summed E-state index contributed by atoms with van der Waals surface area (Å²) in [6, 6.07) is 4.28. The highest BCUT2D eigenvalue weighted by molar-refractivity contribution is 9.10. The van der Waals surface area contributed by atoms with Crippen LogP contribution in [0.4, 0.5) is 0 Å². The number of hydrogen-bond donors (Lipinski definition) is 1. The predicted molar refractivity (Wildman–Crippen MR) is 122 cm³/mol. The van der Waals surface area contributed by atoms with Crippen LogP contribution in [0.25, 0.3) is 0 Å². The molecule has 31 heavy (non-hydrogen) atoms. The quantitative estimate of drug-likeness (QED) is 0.648.